The van der Waals surface area contributed by atoms with Crippen molar-refractivity contribution in [2.24, 2.45) is 0 Å². The second kappa shape index (κ2) is 22.4. The van der Waals surface area contributed by atoms with Crippen LogP contribution in [0.15, 0.2) is 0 Å². The molecule has 4 heteroatoms. The van der Waals surface area contributed by atoms with Gasteiger partial charge in [0, 0.05) is 13.0 Å². The van der Waals surface area contributed by atoms with E-state index in [4.69, 9.17) is 10.2 Å². The highest BCUT2D eigenvalue weighted by Crippen LogP contribution is 2.14. The van der Waals surface area contributed by atoms with Gasteiger partial charge in [0.15, 0.2) is 0 Å². The number of carboxylic acids is 1. The number of hydrogen-bond acceptors (Lipinski definition) is 3. The predicted molar refractivity (Wildman–Crippen MR) is 101 cm³/mol. The molecule has 0 aromatic rings. The first-order chi connectivity index (χ1) is 11.6. The van der Waals surface area contributed by atoms with Crippen molar-refractivity contribution in [1.82, 2.24) is 0 Å². The van der Waals surface area contributed by atoms with Crippen molar-refractivity contribution >= 4 is 5.97 Å². The summed E-state index contributed by atoms with van der Waals surface area (Å²) in [6.07, 6.45) is 16.3. The van der Waals surface area contributed by atoms with Gasteiger partial charge in [-0.05, 0) is 26.2 Å². The Morgan fingerprint density at radius 2 is 1.12 bits per heavy atom. The molecule has 3 N–H and O–H groups in total. The van der Waals surface area contributed by atoms with Gasteiger partial charge in [-0.3, -0.25) is 4.79 Å². The van der Waals surface area contributed by atoms with Crippen molar-refractivity contribution in [2.75, 3.05) is 6.61 Å². The third-order valence-electron chi connectivity index (χ3n) is 4.07. The van der Waals surface area contributed by atoms with Crippen LogP contribution in [0.5, 0.6) is 0 Å². The van der Waals surface area contributed by atoms with Crippen LogP contribution in [0.3, 0.4) is 0 Å². The topological polar surface area (TPSA) is 77.8 Å². The fraction of sp³-hybridized carbons (Fsp3) is 0.950. The lowest BCUT2D eigenvalue weighted by Gasteiger charge is -2.10. The normalized spacial score (nSPS) is 11.7. The molecule has 0 radical (unpaired) electrons. The van der Waals surface area contributed by atoms with Gasteiger partial charge in [-0.2, -0.15) is 0 Å². The lowest BCUT2D eigenvalue weighted by molar-refractivity contribution is -0.137. The van der Waals surface area contributed by atoms with E-state index in [0.29, 0.717) is 6.42 Å². The lowest BCUT2D eigenvalue weighted by Crippen LogP contribution is -2.05. The van der Waals surface area contributed by atoms with Crippen LogP contribution in [0.1, 0.15) is 110 Å². The molecule has 0 aliphatic carbocycles. The highest BCUT2D eigenvalue weighted by Gasteiger charge is 2.03. The van der Waals surface area contributed by atoms with E-state index in [2.05, 4.69) is 6.92 Å². The summed E-state index contributed by atoms with van der Waals surface area (Å²) in [5.74, 6) is -0.678. The van der Waals surface area contributed by atoms with E-state index in [-0.39, 0.29) is 12.7 Å². The maximum absolute atomic E-state index is 10.3. The quantitative estimate of drug-likeness (QED) is 0.331. The molecule has 0 heterocycles. The van der Waals surface area contributed by atoms with Gasteiger partial charge in [0.1, 0.15) is 0 Å². The van der Waals surface area contributed by atoms with Gasteiger partial charge in [-0.25, -0.2) is 0 Å². The zero-order chi connectivity index (χ0) is 18.5. The first-order valence-corrected chi connectivity index (χ1v) is 10.1. The monoisotopic (exact) mass is 346 g/mol. The fourth-order valence-corrected chi connectivity index (χ4v) is 2.67. The summed E-state index contributed by atoms with van der Waals surface area (Å²) in [7, 11) is 0. The molecule has 0 aromatic carbocycles. The van der Waals surface area contributed by atoms with Crippen LogP contribution in [0.25, 0.3) is 0 Å². The molecule has 0 rings (SSSR count). The number of unbranched alkanes of at least 4 members (excludes halogenated alkanes) is 10. The molecule has 0 aliphatic rings. The zero-order valence-electron chi connectivity index (χ0n) is 16.1. The van der Waals surface area contributed by atoms with E-state index in [1.165, 1.54) is 51.4 Å². The lowest BCUT2D eigenvalue weighted by atomic mass is 10.0. The van der Waals surface area contributed by atoms with Crippen molar-refractivity contribution in [3.63, 3.8) is 0 Å². The van der Waals surface area contributed by atoms with Crippen molar-refractivity contribution in [1.29, 1.82) is 0 Å². The molecule has 0 bridgehead atoms. The molecule has 0 spiro atoms. The molecule has 1 atom stereocenters. The van der Waals surface area contributed by atoms with E-state index in [0.717, 1.165) is 38.5 Å². The molecule has 24 heavy (non-hydrogen) atoms. The average Bonchev–Trinajstić information content (AvgIpc) is 2.54. The van der Waals surface area contributed by atoms with Crippen molar-refractivity contribution < 1.29 is 20.1 Å². The van der Waals surface area contributed by atoms with E-state index >= 15 is 0 Å². The van der Waals surface area contributed by atoms with E-state index in [9.17, 15) is 9.90 Å². The third kappa shape index (κ3) is 26.3. The van der Waals surface area contributed by atoms with Crippen molar-refractivity contribution in [3.8, 4) is 0 Å². The summed E-state index contributed by atoms with van der Waals surface area (Å²) in [4.78, 5) is 10.3. The van der Waals surface area contributed by atoms with Crippen LogP contribution >= 0.6 is 0 Å². The molecule has 0 saturated heterocycles. The third-order valence-corrected chi connectivity index (χ3v) is 4.07. The van der Waals surface area contributed by atoms with Crippen molar-refractivity contribution in [3.05, 3.63) is 0 Å². The maximum Gasteiger partial charge on any atom is 0.303 e. The largest absolute Gasteiger partial charge is 0.481 e. The molecule has 1 unspecified atom stereocenters. The average molecular weight is 347 g/mol. The summed E-state index contributed by atoms with van der Waals surface area (Å²) in [6, 6.07) is 0. The summed E-state index contributed by atoms with van der Waals surface area (Å²) >= 11 is 0. The summed E-state index contributed by atoms with van der Waals surface area (Å²) < 4.78 is 0. The second-order valence-corrected chi connectivity index (χ2v) is 6.58. The van der Waals surface area contributed by atoms with Crippen LogP contribution in [0.2, 0.25) is 0 Å². The van der Waals surface area contributed by atoms with Crippen molar-refractivity contribution in [2.45, 2.75) is 116 Å². The Labute approximate surface area is 149 Å². The van der Waals surface area contributed by atoms with Gasteiger partial charge >= 0.3 is 5.97 Å². The Balaban J connectivity index is 0. The molecule has 146 valence electrons. The van der Waals surface area contributed by atoms with Gasteiger partial charge in [0.05, 0.1) is 6.10 Å². The molecule has 0 aromatic heterocycles. The number of aliphatic carboxylic acids is 1. The van der Waals surface area contributed by atoms with Gasteiger partial charge in [0.25, 0.3) is 0 Å². The van der Waals surface area contributed by atoms with Gasteiger partial charge < -0.3 is 15.3 Å². The van der Waals surface area contributed by atoms with Gasteiger partial charge in [-0.15, -0.1) is 0 Å². The van der Waals surface area contributed by atoms with Crippen LogP contribution in [0, 0.1) is 0 Å². The summed E-state index contributed by atoms with van der Waals surface area (Å²) in [6.45, 7) is 4.14. The fourth-order valence-electron chi connectivity index (χ4n) is 2.67. The number of rotatable bonds is 16. The highest BCUT2D eigenvalue weighted by atomic mass is 16.4. The Bertz CT molecular complexity index is 244. The smallest absolute Gasteiger partial charge is 0.303 e. The van der Waals surface area contributed by atoms with Crippen LogP contribution in [-0.2, 0) is 4.79 Å². The molecule has 0 aliphatic heterocycles. The minimum absolute atomic E-state index is 0.0853. The van der Waals surface area contributed by atoms with E-state index in [1.807, 2.05) is 0 Å². The van der Waals surface area contributed by atoms with Crippen LogP contribution in [-0.4, -0.2) is 34.0 Å². The Morgan fingerprint density at radius 1 is 0.750 bits per heavy atom. The molecule has 4 nitrogen and oxygen atoms in total. The number of hydrogen-bond donors (Lipinski definition) is 3. The van der Waals surface area contributed by atoms with E-state index in [1.54, 1.807) is 6.92 Å². The van der Waals surface area contributed by atoms with Gasteiger partial charge in [-0.1, -0.05) is 77.6 Å². The number of carbonyl (C=O) groups is 1. The maximum atomic E-state index is 10.3. The first-order valence-electron chi connectivity index (χ1n) is 10.1. The Morgan fingerprint density at radius 3 is 1.54 bits per heavy atom. The number of aliphatic hydroxyl groups is 2. The standard InChI is InChI=1S/C18H36O3.C2H6O/c1-2-3-4-11-14-17(19)15-12-9-7-5-6-8-10-13-16-18(20)21;1-2-3/h17,19H,2-16H2,1H3,(H,20,21);3H,2H2,1H3. The number of carboxylic acid groups (broad SMARTS) is 1. The molecular weight excluding hydrogens is 304 g/mol. The molecular formula is C20H42O4. The summed E-state index contributed by atoms with van der Waals surface area (Å²) in [5.41, 5.74) is 0. The summed E-state index contributed by atoms with van der Waals surface area (Å²) in [5, 5.41) is 25.9. The van der Waals surface area contributed by atoms with Crippen LogP contribution < -0.4 is 0 Å². The molecule has 0 saturated carbocycles. The Kier molecular flexibility index (Phi) is 23.9. The Hall–Kier alpha value is -0.610. The first kappa shape index (κ1) is 25.6. The minimum atomic E-state index is -0.678. The minimum Gasteiger partial charge on any atom is -0.481 e. The van der Waals surface area contributed by atoms with E-state index < -0.39 is 5.97 Å². The SMILES string of the molecule is CCCCCCC(O)CCCCCCCCCCC(=O)O.CCO. The second-order valence-electron chi connectivity index (χ2n) is 6.58. The molecule has 0 fully saturated rings. The van der Waals surface area contributed by atoms with Crippen LogP contribution in [0.4, 0.5) is 0 Å². The van der Waals surface area contributed by atoms with Gasteiger partial charge in [0.2, 0.25) is 0 Å². The zero-order valence-corrected chi connectivity index (χ0v) is 16.1. The molecule has 0 amide bonds. The number of aliphatic hydroxyl groups excluding tert-OH is 2. The highest BCUT2D eigenvalue weighted by molar-refractivity contribution is 5.66. The predicted octanol–water partition coefficient (Wildman–Crippen LogP) is 5.30.